The third kappa shape index (κ3) is 3.32. The van der Waals surface area contributed by atoms with E-state index in [2.05, 4.69) is 0 Å². The third-order valence-corrected chi connectivity index (χ3v) is 2.74. The molecular formula is C15H17NO2. The van der Waals surface area contributed by atoms with Gasteiger partial charge in [-0.2, -0.15) is 0 Å². The van der Waals surface area contributed by atoms with Crippen LogP contribution in [0.3, 0.4) is 0 Å². The first-order valence-electron chi connectivity index (χ1n) is 5.92. The number of benzene rings is 2. The number of hydrogen-bond donors (Lipinski definition) is 2. The van der Waals surface area contributed by atoms with E-state index in [-0.39, 0.29) is 12.6 Å². The van der Waals surface area contributed by atoms with Crippen LogP contribution in [0.2, 0.25) is 0 Å². The van der Waals surface area contributed by atoms with Crippen LogP contribution in [-0.4, -0.2) is 11.7 Å². The van der Waals surface area contributed by atoms with E-state index in [1.165, 1.54) is 0 Å². The lowest BCUT2D eigenvalue weighted by atomic mass is 10.1. The highest BCUT2D eigenvalue weighted by Gasteiger charge is 2.06. The highest BCUT2D eigenvalue weighted by Crippen LogP contribution is 2.16. The van der Waals surface area contributed by atoms with E-state index in [9.17, 15) is 0 Å². The predicted octanol–water partition coefficient (Wildman–Crippen LogP) is 2.26. The average Bonchev–Trinajstić information content (AvgIpc) is 2.46. The lowest BCUT2D eigenvalue weighted by Crippen LogP contribution is -2.18. The van der Waals surface area contributed by atoms with Gasteiger partial charge in [-0.1, -0.05) is 42.5 Å². The molecule has 0 aliphatic heterocycles. The monoisotopic (exact) mass is 243 g/mol. The van der Waals surface area contributed by atoms with E-state index < -0.39 is 0 Å². The van der Waals surface area contributed by atoms with Crippen molar-refractivity contribution >= 4 is 0 Å². The summed E-state index contributed by atoms with van der Waals surface area (Å²) in [5.74, 6) is 0.730. The van der Waals surface area contributed by atoms with Crippen LogP contribution >= 0.6 is 0 Å². The lowest BCUT2D eigenvalue weighted by molar-refractivity contribution is 0.275. The van der Waals surface area contributed by atoms with Crippen molar-refractivity contribution in [1.82, 2.24) is 0 Å². The fourth-order valence-electron chi connectivity index (χ4n) is 1.72. The Bertz CT molecular complexity index is 485. The van der Waals surface area contributed by atoms with Crippen molar-refractivity contribution in [3.05, 3.63) is 65.7 Å². The number of aliphatic hydroxyl groups is 1. The van der Waals surface area contributed by atoms with Crippen molar-refractivity contribution in [1.29, 1.82) is 0 Å². The Balaban J connectivity index is 1.95. The maximum atomic E-state index is 9.04. The number of ether oxygens (including phenoxy) is 1. The van der Waals surface area contributed by atoms with Crippen LogP contribution < -0.4 is 10.5 Å². The molecule has 0 aromatic heterocycles. The summed E-state index contributed by atoms with van der Waals surface area (Å²) in [4.78, 5) is 0. The quantitative estimate of drug-likeness (QED) is 0.847. The molecule has 1 unspecified atom stereocenters. The first-order valence-corrected chi connectivity index (χ1v) is 5.92. The molecule has 3 N–H and O–H groups in total. The summed E-state index contributed by atoms with van der Waals surface area (Å²) in [5, 5.41) is 9.04. The zero-order valence-electron chi connectivity index (χ0n) is 10.1. The van der Waals surface area contributed by atoms with Crippen LogP contribution in [0.1, 0.15) is 17.2 Å². The van der Waals surface area contributed by atoms with Gasteiger partial charge in [0, 0.05) is 0 Å². The Labute approximate surface area is 107 Å². The molecule has 2 rings (SSSR count). The zero-order chi connectivity index (χ0) is 12.8. The average molecular weight is 243 g/mol. The minimum Gasteiger partial charge on any atom is -0.492 e. The molecule has 1 atom stereocenters. The van der Waals surface area contributed by atoms with E-state index in [1.54, 1.807) is 0 Å². The van der Waals surface area contributed by atoms with Crippen LogP contribution in [0.5, 0.6) is 5.75 Å². The van der Waals surface area contributed by atoms with E-state index in [0.717, 1.165) is 16.9 Å². The number of hydrogen-bond acceptors (Lipinski definition) is 3. The first kappa shape index (κ1) is 12.6. The molecule has 0 amide bonds. The molecule has 0 saturated heterocycles. The molecule has 0 saturated carbocycles. The lowest BCUT2D eigenvalue weighted by Gasteiger charge is -2.13. The van der Waals surface area contributed by atoms with Crippen molar-refractivity contribution in [3.63, 3.8) is 0 Å². The molecule has 3 nitrogen and oxygen atoms in total. The number of aliphatic hydroxyl groups excluding tert-OH is 1. The molecule has 0 heterocycles. The summed E-state index contributed by atoms with van der Waals surface area (Å²) < 4.78 is 5.63. The molecule has 0 spiro atoms. The van der Waals surface area contributed by atoms with Crippen LogP contribution in [0.4, 0.5) is 0 Å². The summed E-state index contributed by atoms with van der Waals surface area (Å²) in [6.45, 7) is 0.431. The second-order valence-corrected chi connectivity index (χ2v) is 4.13. The van der Waals surface area contributed by atoms with E-state index >= 15 is 0 Å². The molecule has 18 heavy (non-hydrogen) atoms. The van der Waals surface area contributed by atoms with Crippen molar-refractivity contribution in [3.8, 4) is 5.75 Å². The summed E-state index contributed by atoms with van der Waals surface area (Å²) in [7, 11) is 0. The maximum absolute atomic E-state index is 9.04. The fraction of sp³-hybridized carbons (Fsp3) is 0.200. The Morgan fingerprint density at radius 2 is 1.83 bits per heavy atom. The van der Waals surface area contributed by atoms with Gasteiger partial charge in [-0.3, -0.25) is 0 Å². The van der Waals surface area contributed by atoms with E-state index in [0.29, 0.717) is 6.61 Å². The van der Waals surface area contributed by atoms with Crippen molar-refractivity contribution in [2.24, 2.45) is 5.73 Å². The van der Waals surface area contributed by atoms with Gasteiger partial charge >= 0.3 is 0 Å². The normalized spacial score (nSPS) is 12.1. The molecule has 0 bridgehead atoms. The van der Waals surface area contributed by atoms with Gasteiger partial charge < -0.3 is 15.6 Å². The van der Waals surface area contributed by atoms with Gasteiger partial charge in [0.1, 0.15) is 12.4 Å². The van der Waals surface area contributed by atoms with Crippen LogP contribution in [-0.2, 0) is 6.61 Å². The maximum Gasteiger partial charge on any atom is 0.119 e. The molecule has 0 aliphatic carbocycles. The highest BCUT2D eigenvalue weighted by atomic mass is 16.5. The van der Waals surface area contributed by atoms with Gasteiger partial charge in [0.05, 0.1) is 12.6 Å². The van der Waals surface area contributed by atoms with Gasteiger partial charge in [-0.25, -0.2) is 0 Å². The summed E-state index contributed by atoms with van der Waals surface area (Å²) in [5.41, 5.74) is 7.92. The molecular weight excluding hydrogens is 226 g/mol. The van der Waals surface area contributed by atoms with Crippen molar-refractivity contribution < 1.29 is 9.84 Å². The molecule has 3 heteroatoms. The highest BCUT2D eigenvalue weighted by molar-refractivity contribution is 5.28. The molecule has 0 aliphatic rings. The third-order valence-electron chi connectivity index (χ3n) is 2.74. The fourth-order valence-corrected chi connectivity index (χ4v) is 1.72. The second-order valence-electron chi connectivity index (χ2n) is 4.13. The van der Waals surface area contributed by atoms with E-state index in [4.69, 9.17) is 15.6 Å². The molecule has 0 radical (unpaired) electrons. The minimum atomic E-state index is -0.149. The Hall–Kier alpha value is -1.84. The Morgan fingerprint density at radius 3 is 2.56 bits per heavy atom. The smallest absolute Gasteiger partial charge is 0.119 e. The largest absolute Gasteiger partial charge is 0.492 e. The standard InChI is InChI=1S/C15H17NO2/c16-15(13-6-2-1-3-7-13)11-18-14-8-4-5-12(9-14)10-17/h1-9,15,17H,10-11,16H2. The van der Waals surface area contributed by atoms with Gasteiger partial charge in [0.15, 0.2) is 0 Å². The Morgan fingerprint density at radius 1 is 1.06 bits per heavy atom. The van der Waals surface area contributed by atoms with Crippen molar-refractivity contribution in [2.45, 2.75) is 12.6 Å². The van der Waals surface area contributed by atoms with Crippen LogP contribution in [0, 0.1) is 0 Å². The van der Waals surface area contributed by atoms with Crippen LogP contribution in [0.25, 0.3) is 0 Å². The summed E-state index contributed by atoms with van der Waals surface area (Å²) >= 11 is 0. The molecule has 2 aromatic carbocycles. The summed E-state index contributed by atoms with van der Waals surface area (Å²) in [6.07, 6.45) is 0. The molecule has 0 fully saturated rings. The minimum absolute atomic E-state index is 0.0158. The first-order chi connectivity index (χ1) is 8.79. The topological polar surface area (TPSA) is 55.5 Å². The zero-order valence-corrected chi connectivity index (χ0v) is 10.1. The predicted molar refractivity (Wildman–Crippen MR) is 71.2 cm³/mol. The van der Waals surface area contributed by atoms with E-state index in [1.807, 2.05) is 54.6 Å². The SMILES string of the molecule is NC(COc1cccc(CO)c1)c1ccccc1. The van der Waals surface area contributed by atoms with Gasteiger partial charge in [-0.05, 0) is 23.3 Å². The van der Waals surface area contributed by atoms with Gasteiger partial charge in [-0.15, -0.1) is 0 Å². The number of rotatable bonds is 5. The van der Waals surface area contributed by atoms with Gasteiger partial charge in [0.2, 0.25) is 0 Å². The van der Waals surface area contributed by atoms with Gasteiger partial charge in [0.25, 0.3) is 0 Å². The van der Waals surface area contributed by atoms with Crippen LogP contribution in [0.15, 0.2) is 54.6 Å². The Kier molecular flexibility index (Phi) is 4.34. The second kappa shape index (κ2) is 6.19. The molecule has 2 aromatic rings. The van der Waals surface area contributed by atoms with Crippen molar-refractivity contribution in [2.75, 3.05) is 6.61 Å². The summed E-state index contributed by atoms with van der Waals surface area (Å²) in [6, 6.07) is 17.1. The number of nitrogens with two attached hydrogens (primary N) is 1. The molecule has 94 valence electrons.